The maximum absolute atomic E-state index is 12.7. The number of rotatable bonds is 7. The fourth-order valence-corrected chi connectivity index (χ4v) is 5.89. The number of piperazine rings is 1. The number of aromatic nitrogens is 3. The van der Waals surface area contributed by atoms with Gasteiger partial charge in [0.2, 0.25) is 5.91 Å². The first kappa shape index (κ1) is 28.3. The molecular formula is C33H36ClN7O. The molecule has 1 unspecified atom stereocenters. The van der Waals surface area contributed by atoms with E-state index in [0.29, 0.717) is 17.4 Å². The zero-order valence-corrected chi connectivity index (χ0v) is 25.1. The maximum atomic E-state index is 12.7. The summed E-state index contributed by atoms with van der Waals surface area (Å²) in [6.07, 6.45) is 0.179. The van der Waals surface area contributed by atoms with Gasteiger partial charge in [0.05, 0.1) is 17.8 Å². The molecule has 3 aromatic carbocycles. The first-order valence-electron chi connectivity index (χ1n) is 14.6. The van der Waals surface area contributed by atoms with Crippen LogP contribution in [0.25, 0.3) is 16.8 Å². The number of carbonyl (C=O) groups is 1. The molecule has 0 bridgehead atoms. The lowest BCUT2D eigenvalue weighted by atomic mass is 9.95. The highest BCUT2D eigenvalue weighted by Crippen LogP contribution is 2.35. The van der Waals surface area contributed by atoms with E-state index in [9.17, 15) is 4.79 Å². The van der Waals surface area contributed by atoms with E-state index in [0.717, 1.165) is 72.2 Å². The third kappa shape index (κ3) is 5.88. The minimum atomic E-state index is -0.492. The fraction of sp³-hybridized carbons (Fsp3) is 0.333. The van der Waals surface area contributed by atoms with E-state index in [4.69, 9.17) is 16.6 Å². The summed E-state index contributed by atoms with van der Waals surface area (Å²) in [4.78, 5) is 22.8. The van der Waals surface area contributed by atoms with E-state index >= 15 is 0 Å². The van der Waals surface area contributed by atoms with Crippen molar-refractivity contribution in [1.29, 1.82) is 0 Å². The minimum absolute atomic E-state index is 0.0720. The number of fused-ring (bicyclic) bond motifs is 3. The van der Waals surface area contributed by atoms with Crippen molar-refractivity contribution in [2.75, 3.05) is 39.8 Å². The molecular weight excluding hydrogens is 546 g/mol. The van der Waals surface area contributed by atoms with Crippen LogP contribution in [-0.4, -0.2) is 76.0 Å². The normalized spacial score (nSPS) is 17.2. The van der Waals surface area contributed by atoms with Gasteiger partial charge in [0.25, 0.3) is 0 Å². The first-order valence-corrected chi connectivity index (χ1v) is 14.9. The molecule has 1 fully saturated rings. The topological polar surface area (TPSA) is 78.7 Å². The van der Waals surface area contributed by atoms with Gasteiger partial charge in [-0.25, -0.2) is 0 Å². The Morgan fingerprint density at radius 3 is 2.33 bits per heavy atom. The lowest BCUT2D eigenvalue weighted by Crippen LogP contribution is -2.43. The van der Waals surface area contributed by atoms with Crippen LogP contribution in [0.4, 0.5) is 0 Å². The van der Waals surface area contributed by atoms with Crippen LogP contribution in [0, 0.1) is 6.92 Å². The standard InChI is InChI=1S/C33H36ClN7O/c1-4-35-31(42)20-29-33-38-37-22(2)41(33)30-14-11-26(19-28(30)32(36-29)25-9-12-27(34)13-10-25)24-7-5-23(6-8-24)21-40-17-15-39(3)16-18-40/h5-14,19,29H,4,15-18,20-21H2,1-3H3,(H,35,42). The Morgan fingerprint density at radius 2 is 1.62 bits per heavy atom. The number of hydrogen-bond donors (Lipinski definition) is 1. The fourth-order valence-electron chi connectivity index (χ4n) is 5.76. The molecule has 4 aromatic rings. The van der Waals surface area contributed by atoms with Crippen molar-refractivity contribution in [1.82, 2.24) is 29.9 Å². The average Bonchev–Trinajstić information content (AvgIpc) is 3.32. The number of nitrogens with zero attached hydrogens (tertiary/aromatic N) is 6. The summed E-state index contributed by atoms with van der Waals surface area (Å²) < 4.78 is 2.04. The lowest BCUT2D eigenvalue weighted by Gasteiger charge is -2.32. The Kier molecular flexibility index (Phi) is 8.20. The van der Waals surface area contributed by atoms with Crippen molar-refractivity contribution < 1.29 is 4.79 Å². The molecule has 9 heteroatoms. The second kappa shape index (κ2) is 12.2. The molecule has 0 saturated carbocycles. The number of likely N-dealkylation sites (N-methyl/N-ethyl adjacent to an activating group) is 1. The zero-order chi connectivity index (χ0) is 29.2. The number of hydrogen-bond acceptors (Lipinski definition) is 6. The summed E-state index contributed by atoms with van der Waals surface area (Å²) in [6, 6.07) is 22.5. The van der Waals surface area contributed by atoms with Gasteiger partial charge < -0.3 is 10.2 Å². The summed E-state index contributed by atoms with van der Waals surface area (Å²) in [7, 11) is 2.19. The molecule has 1 atom stereocenters. The van der Waals surface area contributed by atoms with Crippen LogP contribution < -0.4 is 5.32 Å². The molecule has 8 nitrogen and oxygen atoms in total. The number of aryl methyl sites for hydroxylation is 1. The third-order valence-corrected chi connectivity index (χ3v) is 8.34. The van der Waals surface area contributed by atoms with Gasteiger partial charge in [-0.1, -0.05) is 54.1 Å². The van der Waals surface area contributed by atoms with Gasteiger partial charge in [0, 0.05) is 55.4 Å². The van der Waals surface area contributed by atoms with Crippen molar-refractivity contribution in [3.63, 3.8) is 0 Å². The summed E-state index contributed by atoms with van der Waals surface area (Å²) in [5.74, 6) is 1.34. The van der Waals surface area contributed by atoms with Crippen LogP contribution in [0.2, 0.25) is 5.02 Å². The van der Waals surface area contributed by atoms with Gasteiger partial charge in [-0.05, 0) is 61.9 Å². The van der Waals surface area contributed by atoms with Gasteiger partial charge >= 0.3 is 0 Å². The molecule has 1 amide bonds. The smallest absolute Gasteiger partial charge is 0.222 e. The van der Waals surface area contributed by atoms with Crippen LogP contribution in [0.5, 0.6) is 0 Å². The molecule has 2 aliphatic heterocycles. The Labute approximate surface area is 252 Å². The first-order chi connectivity index (χ1) is 20.4. The Morgan fingerprint density at radius 1 is 0.929 bits per heavy atom. The number of amides is 1. The summed E-state index contributed by atoms with van der Waals surface area (Å²) in [6.45, 7) is 9.80. The maximum Gasteiger partial charge on any atom is 0.222 e. The molecule has 2 aliphatic rings. The third-order valence-electron chi connectivity index (χ3n) is 8.09. The number of halogens is 1. The van der Waals surface area contributed by atoms with E-state index in [-0.39, 0.29) is 12.3 Å². The van der Waals surface area contributed by atoms with E-state index in [1.807, 2.05) is 42.7 Å². The monoisotopic (exact) mass is 581 g/mol. The minimum Gasteiger partial charge on any atom is -0.356 e. The SMILES string of the molecule is CCNC(=O)CC1N=C(c2ccc(Cl)cc2)c2cc(-c3ccc(CN4CCN(C)CC4)cc3)ccc2-n2c(C)nnc21. The van der Waals surface area contributed by atoms with E-state index in [2.05, 4.69) is 74.8 Å². The van der Waals surface area contributed by atoms with Gasteiger partial charge in [0.15, 0.2) is 5.82 Å². The predicted molar refractivity (Wildman–Crippen MR) is 167 cm³/mol. The second-order valence-electron chi connectivity index (χ2n) is 11.1. The van der Waals surface area contributed by atoms with Crippen molar-refractivity contribution in [3.05, 3.63) is 100 Å². The zero-order valence-electron chi connectivity index (χ0n) is 24.3. The largest absolute Gasteiger partial charge is 0.356 e. The molecule has 1 N–H and O–H groups in total. The predicted octanol–water partition coefficient (Wildman–Crippen LogP) is 5.06. The molecule has 3 heterocycles. The van der Waals surface area contributed by atoms with Crippen LogP contribution in [-0.2, 0) is 11.3 Å². The molecule has 1 saturated heterocycles. The summed E-state index contributed by atoms with van der Waals surface area (Å²) in [5, 5.41) is 12.4. The number of benzene rings is 3. The lowest BCUT2D eigenvalue weighted by molar-refractivity contribution is -0.121. The molecule has 0 radical (unpaired) electrons. The second-order valence-corrected chi connectivity index (χ2v) is 11.5. The van der Waals surface area contributed by atoms with Gasteiger partial charge in [-0.3, -0.25) is 19.3 Å². The van der Waals surface area contributed by atoms with Crippen LogP contribution in [0.3, 0.4) is 0 Å². The van der Waals surface area contributed by atoms with Gasteiger partial charge in [-0.15, -0.1) is 10.2 Å². The number of carbonyl (C=O) groups excluding carboxylic acids is 1. The number of aliphatic imine (C=N–C) groups is 1. The van der Waals surface area contributed by atoms with Crippen LogP contribution in [0.15, 0.2) is 71.7 Å². The number of nitrogens with one attached hydrogen (secondary N) is 1. The average molecular weight is 582 g/mol. The van der Waals surface area contributed by atoms with Crippen molar-refractivity contribution in [2.45, 2.75) is 32.9 Å². The summed E-state index contributed by atoms with van der Waals surface area (Å²) in [5.41, 5.74) is 7.18. The molecule has 42 heavy (non-hydrogen) atoms. The quantitative estimate of drug-likeness (QED) is 0.330. The highest BCUT2D eigenvalue weighted by molar-refractivity contribution is 6.30. The van der Waals surface area contributed by atoms with Gasteiger partial charge in [0.1, 0.15) is 11.9 Å². The molecule has 1 aromatic heterocycles. The van der Waals surface area contributed by atoms with E-state index in [1.165, 1.54) is 5.56 Å². The Bertz CT molecular complexity index is 1600. The van der Waals surface area contributed by atoms with Gasteiger partial charge in [-0.2, -0.15) is 0 Å². The molecule has 0 aliphatic carbocycles. The van der Waals surface area contributed by atoms with Crippen molar-refractivity contribution in [2.24, 2.45) is 4.99 Å². The highest BCUT2D eigenvalue weighted by Gasteiger charge is 2.30. The Balaban J connectivity index is 1.40. The Hall–Kier alpha value is -3.85. The van der Waals surface area contributed by atoms with E-state index in [1.54, 1.807) is 0 Å². The summed E-state index contributed by atoms with van der Waals surface area (Å²) >= 11 is 6.26. The van der Waals surface area contributed by atoms with E-state index < -0.39 is 6.04 Å². The molecule has 216 valence electrons. The van der Waals surface area contributed by atoms with Crippen molar-refractivity contribution in [3.8, 4) is 16.8 Å². The highest BCUT2D eigenvalue weighted by atomic mass is 35.5. The molecule has 6 rings (SSSR count). The van der Waals surface area contributed by atoms with Crippen molar-refractivity contribution >= 4 is 23.2 Å². The van der Waals surface area contributed by atoms with Crippen LogP contribution >= 0.6 is 11.6 Å². The van der Waals surface area contributed by atoms with Crippen LogP contribution in [0.1, 0.15) is 47.7 Å². The molecule has 0 spiro atoms.